The van der Waals surface area contributed by atoms with E-state index in [0.717, 1.165) is 37.1 Å². The van der Waals surface area contributed by atoms with Gasteiger partial charge in [-0.25, -0.2) is 9.37 Å². The molecular weight excluding hydrogens is 365 g/mol. The number of hydrogen-bond acceptors (Lipinski definition) is 5. The van der Waals surface area contributed by atoms with Crippen molar-refractivity contribution in [3.8, 4) is 11.3 Å². The Morgan fingerprint density at radius 2 is 2.00 bits per heavy atom. The lowest BCUT2D eigenvalue weighted by atomic mass is 10.0. The molecule has 1 fully saturated rings. The molecule has 1 atom stereocenters. The van der Waals surface area contributed by atoms with Gasteiger partial charge in [-0.05, 0) is 64.3 Å². The topological polar surface area (TPSA) is 45.7 Å². The van der Waals surface area contributed by atoms with Crippen LogP contribution < -0.4 is 4.90 Å². The number of benzene rings is 1. The first-order chi connectivity index (χ1) is 12.7. The maximum Gasteiger partial charge on any atom is 0.248 e. The summed E-state index contributed by atoms with van der Waals surface area (Å²) < 4.78 is 13.1. The van der Waals surface area contributed by atoms with Gasteiger partial charge in [-0.2, -0.15) is 5.06 Å². The largest absolute Gasteiger partial charge is 0.293 e. The van der Waals surface area contributed by atoms with Crippen molar-refractivity contribution in [3.63, 3.8) is 0 Å². The van der Waals surface area contributed by atoms with E-state index in [-0.39, 0.29) is 23.4 Å². The summed E-state index contributed by atoms with van der Waals surface area (Å²) in [5.41, 5.74) is 1.22. The maximum atomic E-state index is 13.1. The number of carbonyl (C=O) groups excluding carboxylic acids is 1. The number of rotatable bonds is 4. The highest BCUT2D eigenvalue weighted by molar-refractivity contribution is 7.14. The van der Waals surface area contributed by atoms with E-state index >= 15 is 0 Å². The van der Waals surface area contributed by atoms with Crippen LogP contribution in [0.1, 0.15) is 40.0 Å². The summed E-state index contributed by atoms with van der Waals surface area (Å²) in [5.74, 6) is -0.295. The molecule has 2 aromatic rings. The van der Waals surface area contributed by atoms with Gasteiger partial charge in [0.15, 0.2) is 5.13 Å². The molecule has 27 heavy (non-hydrogen) atoms. The normalized spacial score (nSPS) is 18.5. The lowest BCUT2D eigenvalue weighted by Gasteiger charge is -2.38. The van der Waals surface area contributed by atoms with E-state index in [9.17, 15) is 9.18 Å². The standard InChI is InChI=1S/C20H26FN3O2S/c1-20(2,3)26-24-12-6-5-7-17(24)18(25)23(4)19-22-16(13-27-19)14-8-10-15(21)11-9-14/h8-11,13,17H,5-7,12H2,1-4H3/t17-/m0/s1. The van der Waals surface area contributed by atoms with Crippen molar-refractivity contribution in [3.05, 3.63) is 35.5 Å². The van der Waals surface area contributed by atoms with Crippen molar-refractivity contribution < 1.29 is 14.0 Å². The van der Waals surface area contributed by atoms with Crippen LogP contribution in [0.5, 0.6) is 0 Å². The van der Waals surface area contributed by atoms with Crippen molar-refractivity contribution in [2.24, 2.45) is 0 Å². The van der Waals surface area contributed by atoms with E-state index in [0.29, 0.717) is 5.13 Å². The van der Waals surface area contributed by atoms with Gasteiger partial charge in [-0.1, -0.05) is 0 Å². The summed E-state index contributed by atoms with van der Waals surface area (Å²) >= 11 is 1.40. The predicted molar refractivity (Wildman–Crippen MR) is 106 cm³/mol. The second-order valence-corrected chi connectivity index (χ2v) is 8.61. The van der Waals surface area contributed by atoms with E-state index in [1.54, 1.807) is 24.1 Å². The lowest BCUT2D eigenvalue weighted by molar-refractivity contribution is -0.253. The Bertz CT molecular complexity index is 785. The zero-order valence-corrected chi connectivity index (χ0v) is 17.1. The van der Waals surface area contributed by atoms with Crippen molar-refractivity contribution in [1.29, 1.82) is 0 Å². The molecule has 1 aliphatic heterocycles. The van der Waals surface area contributed by atoms with Crippen LogP contribution in [0.4, 0.5) is 9.52 Å². The smallest absolute Gasteiger partial charge is 0.248 e. The predicted octanol–water partition coefficient (Wildman–Crippen LogP) is 4.50. The molecule has 146 valence electrons. The SMILES string of the molecule is CN(C(=O)[C@@H]1CCCCN1OC(C)(C)C)c1nc(-c2ccc(F)cc2)cs1. The number of anilines is 1. The van der Waals surface area contributed by atoms with E-state index in [4.69, 9.17) is 4.84 Å². The summed E-state index contributed by atoms with van der Waals surface area (Å²) in [4.78, 5) is 25.3. The second kappa shape index (κ2) is 8.04. The summed E-state index contributed by atoms with van der Waals surface area (Å²) in [5, 5.41) is 4.34. The molecule has 1 aromatic heterocycles. The van der Waals surface area contributed by atoms with Crippen LogP contribution in [0, 0.1) is 5.82 Å². The number of hydroxylamine groups is 2. The minimum Gasteiger partial charge on any atom is -0.293 e. The van der Waals surface area contributed by atoms with E-state index in [2.05, 4.69) is 4.98 Å². The van der Waals surface area contributed by atoms with Crippen LogP contribution in [0.3, 0.4) is 0 Å². The van der Waals surface area contributed by atoms with Crippen molar-refractivity contribution in [2.75, 3.05) is 18.5 Å². The number of piperidine rings is 1. The second-order valence-electron chi connectivity index (χ2n) is 7.78. The van der Waals surface area contributed by atoms with Crippen LogP contribution in [-0.2, 0) is 9.63 Å². The summed E-state index contributed by atoms with van der Waals surface area (Å²) in [6.07, 6.45) is 2.80. The Morgan fingerprint density at radius 3 is 2.67 bits per heavy atom. The number of nitrogens with zero attached hydrogens (tertiary/aromatic N) is 3. The van der Waals surface area contributed by atoms with Gasteiger partial charge in [0.1, 0.15) is 11.9 Å². The van der Waals surface area contributed by atoms with E-state index in [1.165, 1.54) is 23.5 Å². The molecule has 7 heteroatoms. The van der Waals surface area contributed by atoms with Crippen LogP contribution in [0.25, 0.3) is 11.3 Å². The first-order valence-corrected chi connectivity index (χ1v) is 10.1. The van der Waals surface area contributed by atoms with Gasteiger partial charge in [0.2, 0.25) is 5.91 Å². The average molecular weight is 392 g/mol. The molecule has 0 N–H and O–H groups in total. The summed E-state index contributed by atoms with van der Waals surface area (Å²) in [6, 6.07) is 5.90. The van der Waals surface area contributed by atoms with Crippen molar-refractivity contribution >= 4 is 22.4 Å². The van der Waals surface area contributed by atoms with Gasteiger partial charge < -0.3 is 0 Å². The Labute approximate surface area is 163 Å². The van der Waals surface area contributed by atoms with Crippen molar-refractivity contribution in [1.82, 2.24) is 10.0 Å². The number of halogens is 1. The summed E-state index contributed by atoms with van der Waals surface area (Å²) in [7, 11) is 1.75. The van der Waals surface area contributed by atoms with Gasteiger partial charge in [-0.15, -0.1) is 11.3 Å². The Kier molecular flexibility index (Phi) is 5.93. The fraction of sp³-hybridized carbons (Fsp3) is 0.500. The first-order valence-electron chi connectivity index (χ1n) is 9.19. The molecule has 1 saturated heterocycles. The number of amides is 1. The van der Waals surface area contributed by atoms with Gasteiger partial charge in [0.05, 0.1) is 11.3 Å². The average Bonchev–Trinajstić information content (AvgIpc) is 3.10. The molecule has 0 saturated carbocycles. The first kappa shape index (κ1) is 19.9. The Balaban J connectivity index is 1.75. The lowest BCUT2D eigenvalue weighted by Crippen LogP contribution is -2.52. The third kappa shape index (κ3) is 4.91. The molecule has 0 unspecified atom stereocenters. The summed E-state index contributed by atoms with van der Waals surface area (Å²) in [6.45, 7) is 6.72. The minimum absolute atomic E-state index is 0.0149. The molecule has 1 amide bonds. The van der Waals surface area contributed by atoms with Gasteiger partial charge in [-0.3, -0.25) is 14.5 Å². The highest BCUT2D eigenvalue weighted by atomic mass is 32.1. The number of likely N-dealkylation sites (N-methyl/N-ethyl adjacent to an activating group) is 1. The monoisotopic (exact) mass is 391 g/mol. The zero-order chi connectivity index (χ0) is 19.6. The Morgan fingerprint density at radius 1 is 1.30 bits per heavy atom. The zero-order valence-electron chi connectivity index (χ0n) is 16.2. The number of thiazole rings is 1. The molecule has 0 bridgehead atoms. The molecule has 5 nitrogen and oxygen atoms in total. The fourth-order valence-electron chi connectivity index (χ4n) is 3.10. The molecule has 0 spiro atoms. The third-order valence-electron chi connectivity index (χ3n) is 4.38. The molecule has 3 rings (SSSR count). The molecule has 1 aromatic carbocycles. The molecule has 0 radical (unpaired) electrons. The van der Waals surface area contributed by atoms with Crippen LogP contribution >= 0.6 is 11.3 Å². The molecule has 2 heterocycles. The number of aromatic nitrogens is 1. The molecule has 1 aliphatic rings. The van der Waals surface area contributed by atoms with Crippen LogP contribution in [0.15, 0.2) is 29.6 Å². The van der Waals surface area contributed by atoms with E-state index in [1.807, 2.05) is 31.2 Å². The van der Waals surface area contributed by atoms with Gasteiger partial charge in [0, 0.05) is 24.5 Å². The quantitative estimate of drug-likeness (QED) is 0.770. The fourth-order valence-corrected chi connectivity index (χ4v) is 3.91. The van der Waals surface area contributed by atoms with Crippen LogP contribution in [0.2, 0.25) is 0 Å². The van der Waals surface area contributed by atoms with Gasteiger partial charge >= 0.3 is 0 Å². The number of carbonyl (C=O) groups is 1. The number of hydrogen-bond donors (Lipinski definition) is 0. The van der Waals surface area contributed by atoms with Crippen molar-refractivity contribution in [2.45, 2.75) is 51.7 Å². The highest BCUT2D eigenvalue weighted by Crippen LogP contribution is 2.29. The molecule has 0 aliphatic carbocycles. The van der Waals surface area contributed by atoms with Gasteiger partial charge in [0.25, 0.3) is 0 Å². The highest BCUT2D eigenvalue weighted by Gasteiger charge is 2.35. The van der Waals surface area contributed by atoms with Crippen LogP contribution in [-0.4, -0.2) is 41.2 Å². The Hall–Kier alpha value is -1.83. The molecular formula is C20H26FN3O2S. The minimum atomic E-state index is -0.342. The third-order valence-corrected chi connectivity index (χ3v) is 5.30. The maximum absolute atomic E-state index is 13.1. The van der Waals surface area contributed by atoms with E-state index < -0.39 is 0 Å².